The standard InChI is InChI=1S/C23H28N4O3/c1-17(23(28)25-20-7-5-4-6-19(20)15-24)27-12-10-26(11-13-27)16-18-8-9-21(29-2)22(14-18)30-3/h4-9,14,17H,10-13,16H2,1-3H3,(H,25,28)/p+2/t17-/m0/s1. The number of carbonyl (C=O) groups is 1. The van der Waals surface area contributed by atoms with E-state index in [1.54, 1.807) is 32.4 Å². The summed E-state index contributed by atoms with van der Waals surface area (Å²) < 4.78 is 10.7. The maximum absolute atomic E-state index is 12.7. The first-order valence-corrected chi connectivity index (χ1v) is 10.2. The molecule has 2 aromatic rings. The number of nitriles is 1. The lowest BCUT2D eigenvalue weighted by Crippen LogP contribution is -3.29. The van der Waals surface area contributed by atoms with Gasteiger partial charge in [0.15, 0.2) is 17.5 Å². The van der Waals surface area contributed by atoms with Crippen molar-refractivity contribution in [1.82, 2.24) is 0 Å². The van der Waals surface area contributed by atoms with Gasteiger partial charge in [0, 0.05) is 5.56 Å². The van der Waals surface area contributed by atoms with Crippen LogP contribution < -0.4 is 24.6 Å². The summed E-state index contributed by atoms with van der Waals surface area (Å²) in [5.41, 5.74) is 2.27. The number of ether oxygens (including phenoxy) is 2. The molecule has 1 heterocycles. The van der Waals surface area contributed by atoms with Crippen LogP contribution in [-0.2, 0) is 11.3 Å². The van der Waals surface area contributed by atoms with Gasteiger partial charge in [0.25, 0.3) is 5.91 Å². The second-order valence-corrected chi connectivity index (χ2v) is 7.64. The summed E-state index contributed by atoms with van der Waals surface area (Å²) >= 11 is 0. The number of anilines is 1. The first-order chi connectivity index (χ1) is 14.5. The van der Waals surface area contributed by atoms with Gasteiger partial charge >= 0.3 is 0 Å². The number of nitrogens with one attached hydrogen (secondary N) is 3. The molecule has 0 saturated carbocycles. The Kier molecular flexibility index (Phi) is 7.28. The lowest BCUT2D eigenvalue weighted by atomic mass is 10.1. The van der Waals surface area contributed by atoms with Crippen LogP contribution in [0.15, 0.2) is 42.5 Å². The summed E-state index contributed by atoms with van der Waals surface area (Å²) in [6, 6.07) is 15.1. The van der Waals surface area contributed by atoms with Crippen LogP contribution in [0.3, 0.4) is 0 Å². The lowest BCUT2D eigenvalue weighted by Gasteiger charge is -2.32. The van der Waals surface area contributed by atoms with E-state index in [4.69, 9.17) is 9.47 Å². The fourth-order valence-electron chi connectivity index (χ4n) is 3.93. The van der Waals surface area contributed by atoms with E-state index in [1.165, 1.54) is 15.4 Å². The van der Waals surface area contributed by atoms with Gasteiger partial charge in [0.2, 0.25) is 0 Å². The number of para-hydroxylation sites is 1. The van der Waals surface area contributed by atoms with Gasteiger partial charge in [-0.2, -0.15) is 5.26 Å². The Morgan fingerprint density at radius 2 is 1.80 bits per heavy atom. The third-order valence-corrected chi connectivity index (χ3v) is 5.81. The minimum Gasteiger partial charge on any atom is -0.493 e. The summed E-state index contributed by atoms with van der Waals surface area (Å²) in [7, 11) is 3.29. The van der Waals surface area contributed by atoms with E-state index in [2.05, 4.69) is 17.5 Å². The van der Waals surface area contributed by atoms with Crippen LogP contribution in [-0.4, -0.2) is 52.3 Å². The van der Waals surface area contributed by atoms with Crippen molar-refractivity contribution >= 4 is 11.6 Å². The Balaban J connectivity index is 1.53. The van der Waals surface area contributed by atoms with E-state index in [0.717, 1.165) is 44.2 Å². The molecule has 158 valence electrons. The number of piperazine rings is 1. The molecule has 30 heavy (non-hydrogen) atoms. The Labute approximate surface area is 177 Å². The average molecular weight is 411 g/mol. The lowest BCUT2D eigenvalue weighted by molar-refractivity contribution is -1.02. The highest BCUT2D eigenvalue weighted by Gasteiger charge is 2.31. The van der Waals surface area contributed by atoms with Crippen LogP contribution in [0.5, 0.6) is 11.5 Å². The van der Waals surface area contributed by atoms with Crippen molar-refractivity contribution in [2.75, 3.05) is 45.7 Å². The van der Waals surface area contributed by atoms with Gasteiger partial charge < -0.3 is 24.6 Å². The highest BCUT2D eigenvalue weighted by molar-refractivity contribution is 5.94. The molecule has 7 heteroatoms. The molecule has 2 aromatic carbocycles. The molecule has 0 aromatic heterocycles. The molecule has 7 nitrogen and oxygen atoms in total. The fraction of sp³-hybridized carbons (Fsp3) is 0.391. The molecule has 0 unspecified atom stereocenters. The molecule has 0 bridgehead atoms. The minimum absolute atomic E-state index is 0.0453. The third kappa shape index (κ3) is 5.09. The number of hydrogen-bond donors (Lipinski definition) is 3. The average Bonchev–Trinajstić information content (AvgIpc) is 2.79. The summed E-state index contributed by atoms with van der Waals surface area (Å²) in [6.45, 7) is 6.73. The molecule has 1 atom stereocenters. The first kappa shape index (κ1) is 21.6. The number of quaternary nitrogens is 2. The van der Waals surface area contributed by atoms with E-state index in [0.29, 0.717) is 11.3 Å². The number of benzene rings is 2. The van der Waals surface area contributed by atoms with E-state index < -0.39 is 0 Å². The Morgan fingerprint density at radius 1 is 1.10 bits per heavy atom. The molecular formula is C23H30N4O3+2. The van der Waals surface area contributed by atoms with Crippen molar-refractivity contribution in [1.29, 1.82) is 5.26 Å². The highest BCUT2D eigenvalue weighted by Crippen LogP contribution is 2.27. The van der Waals surface area contributed by atoms with Crippen LogP contribution in [0, 0.1) is 11.3 Å². The molecule has 3 rings (SSSR count). The smallest absolute Gasteiger partial charge is 0.282 e. The zero-order chi connectivity index (χ0) is 21.5. The largest absolute Gasteiger partial charge is 0.493 e. The maximum atomic E-state index is 12.7. The van der Waals surface area contributed by atoms with Crippen molar-refractivity contribution in [3.63, 3.8) is 0 Å². The molecule has 1 saturated heterocycles. The van der Waals surface area contributed by atoms with Gasteiger partial charge in [0.05, 0.1) is 25.5 Å². The van der Waals surface area contributed by atoms with Gasteiger partial charge in [-0.1, -0.05) is 12.1 Å². The fourth-order valence-corrected chi connectivity index (χ4v) is 3.93. The predicted molar refractivity (Wildman–Crippen MR) is 114 cm³/mol. The summed E-state index contributed by atoms with van der Waals surface area (Å²) in [6.07, 6.45) is 0. The number of nitrogens with zero attached hydrogens (tertiary/aromatic N) is 1. The number of methoxy groups -OCH3 is 2. The predicted octanol–water partition coefficient (Wildman–Crippen LogP) is -0.114. The second-order valence-electron chi connectivity index (χ2n) is 7.64. The van der Waals surface area contributed by atoms with Crippen LogP contribution >= 0.6 is 0 Å². The van der Waals surface area contributed by atoms with Crippen LogP contribution in [0.25, 0.3) is 0 Å². The molecular weight excluding hydrogens is 380 g/mol. The summed E-state index contributed by atoms with van der Waals surface area (Å²) in [5, 5.41) is 12.1. The first-order valence-electron chi connectivity index (χ1n) is 10.2. The Hall–Kier alpha value is -3.08. The van der Waals surface area contributed by atoms with Crippen molar-refractivity contribution in [3.05, 3.63) is 53.6 Å². The topological polar surface area (TPSA) is 80.2 Å². The summed E-state index contributed by atoms with van der Waals surface area (Å²) in [5.74, 6) is 1.45. The van der Waals surface area contributed by atoms with E-state index in [1.807, 2.05) is 25.1 Å². The van der Waals surface area contributed by atoms with Crippen LogP contribution in [0.1, 0.15) is 18.1 Å². The quantitative estimate of drug-likeness (QED) is 0.595. The van der Waals surface area contributed by atoms with E-state index in [9.17, 15) is 10.1 Å². The molecule has 3 N–H and O–H groups in total. The monoisotopic (exact) mass is 410 g/mol. The molecule has 0 spiro atoms. The van der Waals surface area contributed by atoms with Gasteiger partial charge in [0.1, 0.15) is 38.8 Å². The summed E-state index contributed by atoms with van der Waals surface area (Å²) in [4.78, 5) is 15.5. The third-order valence-electron chi connectivity index (χ3n) is 5.81. The number of carbonyl (C=O) groups excluding carboxylic acids is 1. The molecule has 1 amide bonds. The number of amides is 1. The van der Waals surface area contributed by atoms with Crippen LogP contribution in [0.4, 0.5) is 5.69 Å². The zero-order valence-corrected chi connectivity index (χ0v) is 17.8. The highest BCUT2D eigenvalue weighted by atomic mass is 16.5. The maximum Gasteiger partial charge on any atom is 0.282 e. The Morgan fingerprint density at radius 3 is 2.47 bits per heavy atom. The van der Waals surface area contributed by atoms with Gasteiger partial charge in [-0.25, -0.2) is 0 Å². The molecule has 0 aliphatic carbocycles. The molecule has 1 aliphatic heterocycles. The number of hydrogen-bond acceptors (Lipinski definition) is 4. The van der Waals surface area contributed by atoms with E-state index >= 15 is 0 Å². The van der Waals surface area contributed by atoms with Crippen molar-refractivity contribution in [2.45, 2.75) is 19.5 Å². The van der Waals surface area contributed by atoms with Crippen molar-refractivity contribution in [2.24, 2.45) is 0 Å². The Bertz CT molecular complexity index is 917. The van der Waals surface area contributed by atoms with E-state index in [-0.39, 0.29) is 11.9 Å². The van der Waals surface area contributed by atoms with Crippen molar-refractivity contribution < 1.29 is 24.1 Å². The number of rotatable bonds is 7. The molecule has 1 aliphatic rings. The normalized spacial score (nSPS) is 19.4. The van der Waals surface area contributed by atoms with Crippen LogP contribution in [0.2, 0.25) is 0 Å². The molecule has 1 fully saturated rings. The van der Waals surface area contributed by atoms with Gasteiger partial charge in [-0.05, 0) is 37.3 Å². The molecule has 0 radical (unpaired) electrons. The SMILES string of the molecule is COc1ccc(C[NH+]2CC[NH+]([C@@H](C)C(=O)Nc3ccccc3C#N)CC2)cc1OC. The van der Waals surface area contributed by atoms with Gasteiger partial charge in [-0.15, -0.1) is 0 Å². The van der Waals surface area contributed by atoms with Crippen molar-refractivity contribution in [3.8, 4) is 17.6 Å². The van der Waals surface area contributed by atoms with Gasteiger partial charge in [-0.3, -0.25) is 4.79 Å². The minimum atomic E-state index is -0.167. The second kappa shape index (κ2) is 10.1. The zero-order valence-electron chi connectivity index (χ0n) is 17.8.